The molecule has 28 nitrogen and oxygen atoms in total. The van der Waals surface area contributed by atoms with Gasteiger partial charge in [-0.1, -0.05) is 157 Å². The second-order valence-corrected chi connectivity index (χ2v) is 26.4. The van der Waals surface area contributed by atoms with E-state index in [9.17, 15) is 63.0 Å². The van der Waals surface area contributed by atoms with Crippen LogP contribution >= 0.6 is 12.6 Å². The van der Waals surface area contributed by atoms with Gasteiger partial charge in [-0.2, -0.15) is 12.6 Å². The monoisotopic (exact) mass is 1390 g/mol. The van der Waals surface area contributed by atoms with Crippen molar-refractivity contribution in [3.05, 3.63) is 108 Å². The molecule has 2 aliphatic rings. The zero-order valence-electron chi connectivity index (χ0n) is 57.1. The van der Waals surface area contributed by atoms with Crippen molar-refractivity contribution in [3.8, 4) is 0 Å². The standard InChI is InChI=1S/C70H98N12O16S/c1-7-41(4)59(79-68(96)60(58(45-25-16-10-17-26-45)46-27-18-11-19-28-46)80-63(91)48(32-33-56(85)86)74-65(93)51(38-57(87)88)73-42(5)83)70(98)81(6)54(36-44-23-14-9-15-24-44)67(95)78-52(39-99)69(97)82-34-20-29-53(82)66(94)75-47(31-30-43-21-12-8-13-22-43)62(90)77-50(37-55(71)84)64(92)76-49(61(72)89)35-40(2)3/h8,10-13,16-19,21-22,25-28,40-41,44,47-54,58-60,99H,7,9,14-15,20,23-24,29-39H2,1-6H3,(H2,71,84)(H2,72,89)(H,73,83)(H,74,93)(H,75,94)(H,76,92)(H,77,90)(H,78,95)(H,79,96)(H,80,91)(H,85,86)(H,87,88)/t41-,47-,48-,49-,50-,51-,52-,53-,54-,59-,60-/m0/s1. The Morgan fingerprint density at radius 1 is 0.576 bits per heavy atom. The van der Waals surface area contributed by atoms with E-state index in [-0.39, 0.29) is 56.2 Å². The molecule has 29 heteroatoms. The summed E-state index contributed by atoms with van der Waals surface area (Å²) in [6.45, 7) is 8.20. The van der Waals surface area contributed by atoms with Crippen LogP contribution in [0.4, 0.5) is 0 Å². The average Bonchev–Trinajstić information content (AvgIpc) is 1.49. The van der Waals surface area contributed by atoms with Crippen molar-refractivity contribution in [2.75, 3.05) is 19.3 Å². The number of likely N-dealkylation sites (tertiary alicyclic amines) is 1. The van der Waals surface area contributed by atoms with Gasteiger partial charge in [0, 0.05) is 38.6 Å². The Hall–Kier alpha value is -9.41. The van der Waals surface area contributed by atoms with Crippen LogP contribution in [-0.4, -0.2) is 183 Å². The molecular weight excluding hydrogens is 1300 g/mol. The number of aliphatic carboxylic acids is 2. The van der Waals surface area contributed by atoms with E-state index in [4.69, 9.17) is 11.5 Å². The maximum Gasteiger partial charge on any atom is 0.305 e. The number of aryl methyl sites for hydroxylation is 1. The minimum absolute atomic E-state index is 0.0192. The van der Waals surface area contributed by atoms with Crippen LogP contribution < -0.4 is 54.0 Å². The van der Waals surface area contributed by atoms with Crippen molar-refractivity contribution >= 4 is 95.5 Å². The number of thiol groups is 1. The van der Waals surface area contributed by atoms with Gasteiger partial charge in [0.15, 0.2) is 0 Å². The Bertz CT molecular complexity index is 3230. The maximum absolute atomic E-state index is 15.5. The van der Waals surface area contributed by atoms with E-state index in [1.54, 1.807) is 107 Å². The molecule has 2 fully saturated rings. The average molecular weight is 1400 g/mol. The van der Waals surface area contributed by atoms with Crippen molar-refractivity contribution in [3.63, 3.8) is 0 Å². The first-order valence-electron chi connectivity index (χ1n) is 33.8. The lowest BCUT2D eigenvalue weighted by Gasteiger charge is -2.37. The highest BCUT2D eigenvalue weighted by Gasteiger charge is 2.44. The number of amides is 12. The van der Waals surface area contributed by atoms with Crippen molar-refractivity contribution < 1.29 is 77.3 Å². The fourth-order valence-corrected chi connectivity index (χ4v) is 12.7. The predicted molar refractivity (Wildman–Crippen MR) is 368 cm³/mol. The summed E-state index contributed by atoms with van der Waals surface area (Å²) in [7, 11) is 1.41. The molecule has 1 aliphatic heterocycles. The van der Waals surface area contributed by atoms with Gasteiger partial charge in [-0.3, -0.25) is 67.1 Å². The number of benzene rings is 3. The lowest BCUT2D eigenvalue weighted by Crippen LogP contribution is -2.62. The van der Waals surface area contributed by atoms with E-state index in [0.717, 1.165) is 44.6 Å². The topological polar surface area (TPSA) is 434 Å². The van der Waals surface area contributed by atoms with E-state index >= 15 is 14.4 Å². The Morgan fingerprint density at radius 3 is 1.62 bits per heavy atom. The van der Waals surface area contributed by atoms with E-state index in [1.165, 1.54) is 16.8 Å². The molecule has 3 aromatic carbocycles. The molecule has 0 aromatic heterocycles. The number of hydrogen-bond acceptors (Lipinski definition) is 15. The molecular formula is C70H98N12O16S. The molecule has 1 saturated carbocycles. The molecule has 3 aromatic rings. The number of nitrogens with two attached hydrogens (primary N) is 2. The van der Waals surface area contributed by atoms with Crippen LogP contribution in [0.3, 0.4) is 0 Å². The quantitative estimate of drug-likeness (QED) is 0.0363. The third-order valence-corrected chi connectivity index (χ3v) is 18.4. The molecule has 1 aliphatic carbocycles. The van der Waals surface area contributed by atoms with E-state index in [1.807, 2.05) is 12.1 Å². The van der Waals surface area contributed by atoms with Crippen molar-refractivity contribution in [2.45, 2.75) is 204 Å². The zero-order valence-corrected chi connectivity index (χ0v) is 58.0. The zero-order chi connectivity index (χ0) is 73.0. The number of nitrogens with zero attached hydrogens (tertiary/aromatic N) is 2. The van der Waals surface area contributed by atoms with E-state index in [2.05, 4.69) is 55.2 Å². The second kappa shape index (κ2) is 39.9. The van der Waals surface area contributed by atoms with Crippen LogP contribution in [-0.2, 0) is 73.5 Å². The van der Waals surface area contributed by atoms with Crippen molar-refractivity contribution in [1.82, 2.24) is 52.3 Å². The minimum Gasteiger partial charge on any atom is -0.481 e. The molecule has 0 radical (unpaired) electrons. The molecule has 1 heterocycles. The fraction of sp³-hybridized carbons (Fsp3) is 0.543. The highest BCUT2D eigenvalue weighted by atomic mass is 32.1. The molecule has 5 rings (SSSR count). The largest absolute Gasteiger partial charge is 0.481 e. The van der Waals surface area contributed by atoms with Gasteiger partial charge in [0.25, 0.3) is 0 Å². The summed E-state index contributed by atoms with van der Waals surface area (Å²) in [5, 5.41) is 40.2. The molecule has 12 amide bonds. The van der Waals surface area contributed by atoms with Gasteiger partial charge in [-0.25, -0.2) is 0 Å². The van der Waals surface area contributed by atoms with Crippen molar-refractivity contribution in [1.29, 1.82) is 0 Å². The van der Waals surface area contributed by atoms with Gasteiger partial charge in [-0.15, -0.1) is 0 Å². The highest BCUT2D eigenvalue weighted by Crippen LogP contribution is 2.32. The number of carbonyl (C=O) groups is 14. The van der Waals surface area contributed by atoms with Gasteiger partial charge < -0.3 is 74.0 Å². The van der Waals surface area contributed by atoms with E-state index < -0.39 is 181 Å². The predicted octanol–water partition coefficient (Wildman–Crippen LogP) is 1.86. The lowest BCUT2D eigenvalue weighted by molar-refractivity contribution is -0.146. The lowest BCUT2D eigenvalue weighted by atomic mass is 9.83. The number of nitrogens with one attached hydrogen (secondary N) is 8. The van der Waals surface area contributed by atoms with Gasteiger partial charge in [0.1, 0.15) is 60.4 Å². The summed E-state index contributed by atoms with van der Waals surface area (Å²) >= 11 is 4.51. The van der Waals surface area contributed by atoms with Crippen LogP contribution in [0.1, 0.15) is 154 Å². The molecule has 11 atom stereocenters. The normalized spacial score (nSPS) is 16.9. The fourth-order valence-electron chi connectivity index (χ4n) is 12.5. The summed E-state index contributed by atoms with van der Waals surface area (Å²) in [5.41, 5.74) is 12.9. The molecule has 1 saturated heterocycles. The molecule has 0 bridgehead atoms. The molecule has 0 unspecified atom stereocenters. The number of primary amides is 2. The number of carboxylic acid groups (broad SMARTS) is 2. The smallest absolute Gasteiger partial charge is 0.305 e. The number of likely N-dealkylation sites (N-methyl/N-ethyl adjacent to an activating group) is 1. The summed E-state index contributed by atoms with van der Waals surface area (Å²) in [4.78, 5) is 195. The van der Waals surface area contributed by atoms with Crippen LogP contribution in [0.15, 0.2) is 91.0 Å². The number of hydrogen-bond donors (Lipinski definition) is 13. The Balaban J connectivity index is 1.46. The van der Waals surface area contributed by atoms with Crippen LogP contribution in [0.25, 0.3) is 0 Å². The first kappa shape index (κ1) is 80.3. The number of rotatable bonds is 39. The van der Waals surface area contributed by atoms with Crippen LogP contribution in [0.2, 0.25) is 0 Å². The van der Waals surface area contributed by atoms with Gasteiger partial charge >= 0.3 is 11.9 Å². The minimum atomic E-state index is -1.72. The molecule has 0 spiro atoms. The third-order valence-electron chi connectivity index (χ3n) is 18.0. The first-order valence-corrected chi connectivity index (χ1v) is 34.4. The Morgan fingerprint density at radius 2 is 1.09 bits per heavy atom. The maximum atomic E-state index is 15.5. The van der Waals surface area contributed by atoms with Crippen LogP contribution in [0, 0.1) is 17.8 Å². The molecule has 99 heavy (non-hydrogen) atoms. The van der Waals surface area contributed by atoms with Gasteiger partial charge in [-0.05, 0) is 79.4 Å². The summed E-state index contributed by atoms with van der Waals surface area (Å²) in [5.74, 6) is -15.3. The SMILES string of the molecule is CC[C@H](C)[C@H](NC(=O)[C@@H](NC(=O)[C@H](CCC(=O)O)NC(=O)[C@H](CC(=O)O)NC(C)=O)C(c1ccccc1)c1ccccc1)C(=O)N(C)[C@@H](CC1CCCCC1)C(=O)N[C@@H](CS)C(=O)N1CCC[C@H]1C(=O)N[C@@H](CCc1ccccc1)C(=O)N[C@@H](CC(N)=O)C(=O)N[C@@H](CC(C)C)C(N)=O. The van der Waals surface area contributed by atoms with E-state index in [0.29, 0.717) is 24.0 Å². The third kappa shape index (κ3) is 25.1. The first-order chi connectivity index (χ1) is 47.0. The summed E-state index contributed by atoms with van der Waals surface area (Å²) in [6, 6.07) is 11.8. The number of carbonyl (C=O) groups excluding carboxylic acids is 12. The Labute approximate surface area is 582 Å². The highest BCUT2D eigenvalue weighted by molar-refractivity contribution is 7.80. The molecule has 14 N–H and O–H groups in total. The second-order valence-electron chi connectivity index (χ2n) is 26.0. The summed E-state index contributed by atoms with van der Waals surface area (Å²) in [6.07, 6.45) is 2.57. The summed E-state index contributed by atoms with van der Waals surface area (Å²) < 4.78 is 0. The Kier molecular flexibility index (Phi) is 32.3. The van der Waals surface area contributed by atoms with Gasteiger partial charge in [0.05, 0.1) is 12.8 Å². The number of carboxylic acids is 2. The van der Waals surface area contributed by atoms with Crippen molar-refractivity contribution in [2.24, 2.45) is 29.2 Å². The van der Waals surface area contributed by atoms with Gasteiger partial charge in [0.2, 0.25) is 70.9 Å². The molecule has 540 valence electrons. The van der Waals surface area contributed by atoms with Crippen LogP contribution in [0.5, 0.6) is 0 Å².